The highest BCUT2D eigenvalue weighted by Gasteiger charge is 2.33. The van der Waals surface area contributed by atoms with E-state index in [0.29, 0.717) is 12.1 Å². The van der Waals surface area contributed by atoms with Gasteiger partial charge in [0.15, 0.2) is 5.78 Å². The lowest BCUT2D eigenvalue weighted by Gasteiger charge is -2.29. The van der Waals surface area contributed by atoms with Crippen LogP contribution in [0.1, 0.15) is 36.3 Å². The van der Waals surface area contributed by atoms with Crippen LogP contribution in [-0.2, 0) is 6.42 Å². The van der Waals surface area contributed by atoms with Gasteiger partial charge >= 0.3 is 0 Å². The van der Waals surface area contributed by atoms with Crippen LogP contribution in [0.15, 0.2) is 30.7 Å². The number of Topliss-reactive ketones (excluding diaryl/α,β-unsaturated/α-hetero) is 1. The molecule has 98 valence electrons. The van der Waals surface area contributed by atoms with Crippen LogP contribution in [0, 0.1) is 11.2 Å². The zero-order valence-electron chi connectivity index (χ0n) is 11.0. The molecule has 0 unspecified atom stereocenters. The summed E-state index contributed by atoms with van der Waals surface area (Å²) in [7, 11) is 0. The molecule has 19 heavy (non-hydrogen) atoms. The number of rotatable bonds is 1. The van der Waals surface area contributed by atoms with Crippen LogP contribution in [0.5, 0.6) is 0 Å². The second-order valence-electron chi connectivity index (χ2n) is 5.85. The first-order chi connectivity index (χ1) is 8.96. The van der Waals surface area contributed by atoms with Gasteiger partial charge in [-0.1, -0.05) is 13.8 Å². The Labute approximate surface area is 111 Å². The summed E-state index contributed by atoms with van der Waals surface area (Å²) in [6.45, 7) is 4.16. The quantitative estimate of drug-likeness (QED) is 0.787. The third-order valence-electron chi connectivity index (χ3n) is 3.55. The monoisotopic (exact) mass is 258 g/mol. The van der Waals surface area contributed by atoms with Crippen LogP contribution >= 0.6 is 0 Å². The van der Waals surface area contributed by atoms with Gasteiger partial charge in [-0.2, -0.15) is 0 Å². The van der Waals surface area contributed by atoms with E-state index in [2.05, 4.69) is 18.8 Å². The number of pyridine rings is 1. The summed E-state index contributed by atoms with van der Waals surface area (Å²) in [6.07, 6.45) is 5.97. The van der Waals surface area contributed by atoms with E-state index in [9.17, 15) is 9.18 Å². The van der Waals surface area contributed by atoms with Crippen molar-refractivity contribution in [3.05, 3.63) is 47.8 Å². The Hall–Kier alpha value is -1.97. The highest BCUT2D eigenvalue weighted by Crippen LogP contribution is 2.36. The average molecular weight is 258 g/mol. The van der Waals surface area contributed by atoms with Crippen LogP contribution in [-0.4, -0.2) is 15.3 Å². The molecular formula is C15H15FN2O. The Morgan fingerprint density at radius 3 is 2.84 bits per heavy atom. The fourth-order valence-corrected chi connectivity index (χ4v) is 2.72. The number of ketones is 1. The molecule has 2 aromatic heterocycles. The summed E-state index contributed by atoms with van der Waals surface area (Å²) in [5.41, 5.74) is 2.31. The number of hydrogen-bond acceptors (Lipinski definition) is 2. The fourth-order valence-electron chi connectivity index (χ4n) is 2.72. The summed E-state index contributed by atoms with van der Waals surface area (Å²) < 4.78 is 15.1. The Balaban J connectivity index is 2.14. The molecule has 0 saturated carbocycles. The minimum atomic E-state index is -0.374. The van der Waals surface area contributed by atoms with Gasteiger partial charge in [0.1, 0.15) is 5.82 Å². The summed E-state index contributed by atoms with van der Waals surface area (Å²) in [5.74, 6) is -0.212. The van der Waals surface area contributed by atoms with E-state index in [4.69, 9.17) is 0 Å². The van der Waals surface area contributed by atoms with Crippen molar-refractivity contribution in [2.45, 2.75) is 26.7 Å². The SMILES string of the molecule is CC1(C)CC(=O)c2ccn(-c3cncc(F)c3)c2C1. The van der Waals surface area contributed by atoms with Gasteiger partial charge in [-0.3, -0.25) is 9.78 Å². The lowest BCUT2D eigenvalue weighted by molar-refractivity contribution is 0.0911. The van der Waals surface area contributed by atoms with Crippen molar-refractivity contribution < 1.29 is 9.18 Å². The molecule has 0 atom stereocenters. The van der Waals surface area contributed by atoms with Gasteiger partial charge in [-0.15, -0.1) is 0 Å². The number of fused-ring (bicyclic) bond motifs is 1. The second-order valence-corrected chi connectivity index (χ2v) is 5.85. The third-order valence-corrected chi connectivity index (χ3v) is 3.55. The van der Waals surface area contributed by atoms with Crippen LogP contribution in [0.25, 0.3) is 5.69 Å². The van der Waals surface area contributed by atoms with Gasteiger partial charge in [-0.25, -0.2) is 4.39 Å². The summed E-state index contributed by atoms with van der Waals surface area (Å²) in [5, 5.41) is 0. The largest absolute Gasteiger partial charge is 0.319 e. The smallest absolute Gasteiger partial charge is 0.165 e. The van der Waals surface area contributed by atoms with Crippen molar-refractivity contribution in [3.8, 4) is 5.69 Å². The molecule has 1 aliphatic carbocycles. The zero-order valence-corrected chi connectivity index (χ0v) is 11.0. The van der Waals surface area contributed by atoms with Crippen molar-refractivity contribution in [2.75, 3.05) is 0 Å². The first kappa shape index (κ1) is 12.1. The molecule has 0 spiro atoms. The predicted octanol–water partition coefficient (Wildman–Crippen LogP) is 3.17. The lowest BCUT2D eigenvalue weighted by Crippen LogP contribution is -2.27. The summed E-state index contributed by atoms with van der Waals surface area (Å²) in [4.78, 5) is 16.0. The number of nitrogens with zero attached hydrogens (tertiary/aromatic N) is 2. The standard InChI is InChI=1S/C15H15FN2O/c1-15(2)6-13-12(14(19)7-15)3-4-18(13)11-5-10(16)8-17-9-11/h3-5,8-9H,6-7H2,1-2H3. The van der Waals surface area contributed by atoms with Gasteiger partial charge in [0.25, 0.3) is 0 Å². The summed E-state index contributed by atoms with van der Waals surface area (Å²) >= 11 is 0. The Kier molecular flexibility index (Phi) is 2.55. The number of halogens is 1. The molecule has 1 aliphatic rings. The Bertz CT molecular complexity index is 658. The minimum absolute atomic E-state index is 0.0546. The number of hydrogen-bond donors (Lipinski definition) is 0. The fraction of sp³-hybridized carbons (Fsp3) is 0.333. The van der Waals surface area contributed by atoms with E-state index in [1.165, 1.54) is 12.3 Å². The molecule has 3 nitrogen and oxygen atoms in total. The molecule has 0 aliphatic heterocycles. The maximum Gasteiger partial charge on any atom is 0.165 e. The van der Waals surface area contributed by atoms with Gasteiger partial charge in [0, 0.05) is 29.9 Å². The molecule has 0 fully saturated rings. The Morgan fingerprint density at radius 1 is 1.32 bits per heavy atom. The molecule has 0 bridgehead atoms. The average Bonchev–Trinajstić information content (AvgIpc) is 2.71. The van der Waals surface area contributed by atoms with Crippen LogP contribution in [0.4, 0.5) is 4.39 Å². The molecule has 0 saturated heterocycles. The second kappa shape index (κ2) is 4.02. The topological polar surface area (TPSA) is 34.9 Å². The van der Waals surface area contributed by atoms with Crippen molar-refractivity contribution in [3.63, 3.8) is 0 Å². The van der Waals surface area contributed by atoms with Crippen LogP contribution in [0.2, 0.25) is 0 Å². The molecular weight excluding hydrogens is 243 g/mol. The van der Waals surface area contributed by atoms with Crippen LogP contribution in [0.3, 0.4) is 0 Å². The molecule has 0 radical (unpaired) electrons. The van der Waals surface area contributed by atoms with Gasteiger partial charge in [0.2, 0.25) is 0 Å². The molecule has 2 heterocycles. The number of aromatic nitrogens is 2. The zero-order chi connectivity index (χ0) is 13.6. The molecule has 0 N–H and O–H groups in total. The first-order valence-electron chi connectivity index (χ1n) is 6.31. The lowest BCUT2D eigenvalue weighted by atomic mass is 9.76. The third kappa shape index (κ3) is 2.07. The molecule has 4 heteroatoms. The van der Waals surface area contributed by atoms with Gasteiger partial charge in [0.05, 0.1) is 18.1 Å². The van der Waals surface area contributed by atoms with Crippen molar-refractivity contribution >= 4 is 5.78 Å². The van der Waals surface area contributed by atoms with Gasteiger partial charge < -0.3 is 4.57 Å². The van der Waals surface area contributed by atoms with E-state index in [-0.39, 0.29) is 17.0 Å². The van der Waals surface area contributed by atoms with Crippen molar-refractivity contribution in [2.24, 2.45) is 5.41 Å². The van der Waals surface area contributed by atoms with E-state index in [1.54, 1.807) is 6.20 Å². The summed E-state index contributed by atoms with van der Waals surface area (Å²) in [6, 6.07) is 3.25. The first-order valence-corrected chi connectivity index (χ1v) is 6.31. The molecule has 0 aromatic carbocycles. The predicted molar refractivity (Wildman–Crippen MR) is 70.0 cm³/mol. The molecule has 2 aromatic rings. The molecule has 0 amide bonds. The molecule has 3 rings (SSSR count). The highest BCUT2D eigenvalue weighted by molar-refractivity contribution is 5.99. The van der Waals surface area contributed by atoms with Crippen molar-refractivity contribution in [1.82, 2.24) is 9.55 Å². The number of carbonyl (C=O) groups excluding carboxylic acids is 1. The highest BCUT2D eigenvalue weighted by atomic mass is 19.1. The Morgan fingerprint density at radius 2 is 2.11 bits per heavy atom. The minimum Gasteiger partial charge on any atom is -0.319 e. The van der Waals surface area contributed by atoms with Crippen molar-refractivity contribution in [1.29, 1.82) is 0 Å². The van der Waals surface area contributed by atoms with E-state index >= 15 is 0 Å². The maximum atomic E-state index is 13.3. The van der Waals surface area contributed by atoms with E-state index in [1.807, 2.05) is 16.8 Å². The maximum absolute atomic E-state index is 13.3. The number of carbonyl (C=O) groups is 1. The van der Waals surface area contributed by atoms with Crippen LogP contribution < -0.4 is 0 Å². The van der Waals surface area contributed by atoms with Gasteiger partial charge in [-0.05, 0) is 17.9 Å². The van der Waals surface area contributed by atoms with E-state index in [0.717, 1.165) is 17.7 Å². The van der Waals surface area contributed by atoms with E-state index < -0.39 is 0 Å². The normalized spacial score (nSPS) is 17.3.